The number of furan rings is 2. The molecular weight excluding hydrogens is 328 g/mol. The first-order valence-corrected chi connectivity index (χ1v) is 7.95. The zero-order valence-electron chi connectivity index (χ0n) is 13.5. The number of carbonyl (C=O) groups excluding carboxylic acids is 3. The van der Waals surface area contributed by atoms with Gasteiger partial charge in [0.2, 0.25) is 0 Å². The molecule has 2 aromatic rings. The van der Waals surface area contributed by atoms with Crippen LogP contribution in [0.1, 0.15) is 29.2 Å². The Hall–Kier alpha value is -3.03. The van der Waals surface area contributed by atoms with Crippen LogP contribution in [0.5, 0.6) is 0 Å². The third-order valence-corrected chi connectivity index (χ3v) is 3.90. The Kier molecular flexibility index (Phi) is 5.17. The van der Waals surface area contributed by atoms with Crippen LogP contribution in [0.4, 0.5) is 0 Å². The van der Waals surface area contributed by atoms with Crippen molar-refractivity contribution in [1.82, 2.24) is 10.2 Å². The van der Waals surface area contributed by atoms with Gasteiger partial charge in [0.25, 0.3) is 11.8 Å². The van der Waals surface area contributed by atoms with E-state index >= 15 is 0 Å². The SMILES string of the molecule is O=C(COC(=O)[C@@H]1CCCN1C(=O)c1ccco1)NCc1ccco1. The lowest BCUT2D eigenvalue weighted by Crippen LogP contribution is -2.42. The number of nitrogens with zero attached hydrogens (tertiary/aromatic N) is 1. The molecule has 0 spiro atoms. The second-order valence-corrected chi connectivity index (χ2v) is 5.60. The fourth-order valence-electron chi connectivity index (χ4n) is 2.68. The lowest BCUT2D eigenvalue weighted by molar-refractivity contribution is -0.152. The Morgan fingerprint density at radius 2 is 2.00 bits per heavy atom. The summed E-state index contributed by atoms with van der Waals surface area (Å²) in [7, 11) is 0. The molecule has 1 fully saturated rings. The van der Waals surface area contributed by atoms with Crippen LogP contribution in [0.2, 0.25) is 0 Å². The van der Waals surface area contributed by atoms with Crippen molar-refractivity contribution in [3.63, 3.8) is 0 Å². The van der Waals surface area contributed by atoms with E-state index in [1.165, 1.54) is 17.4 Å². The smallest absolute Gasteiger partial charge is 0.329 e. The Labute approximate surface area is 143 Å². The predicted octanol–water partition coefficient (Wildman–Crippen LogP) is 1.34. The Morgan fingerprint density at radius 3 is 2.72 bits per heavy atom. The molecule has 8 heteroatoms. The molecule has 1 N–H and O–H groups in total. The summed E-state index contributed by atoms with van der Waals surface area (Å²) in [5.41, 5.74) is 0. The lowest BCUT2D eigenvalue weighted by atomic mass is 10.2. The molecule has 0 aromatic carbocycles. The van der Waals surface area contributed by atoms with Crippen molar-refractivity contribution in [2.24, 2.45) is 0 Å². The first kappa shape index (κ1) is 16.8. The molecule has 2 aromatic heterocycles. The average molecular weight is 346 g/mol. The van der Waals surface area contributed by atoms with Crippen LogP contribution in [-0.2, 0) is 20.9 Å². The molecule has 1 aliphatic heterocycles. The Morgan fingerprint density at radius 1 is 1.20 bits per heavy atom. The largest absolute Gasteiger partial charge is 0.467 e. The molecule has 3 rings (SSSR count). The molecule has 132 valence electrons. The summed E-state index contributed by atoms with van der Waals surface area (Å²) in [4.78, 5) is 37.7. The second kappa shape index (κ2) is 7.69. The molecule has 1 atom stereocenters. The van der Waals surface area contributed by atoms with Gasteiger partial charge >= 0.3 is 5.97 Å². The van der Waals surface area contributed by atoms with Crippen LogP contribution < -0.4 is 5.32 Å². The van der Waals surface area contributed by atoms with Gasteiger partial charge in [-0.3, -0.25) is 9.59 Å². The van der Waals surface area contributed by atoms with Crippen molar-refractivity contribution >= 4 is 17.8 Å². The fraction of sp³-hybridized carbons (Fsp3) is 0.353. The van der Waals surface area contributed by atoms with Gasteiger partial charge in [-0.05, 0) is 37.1 Å². The standard InChI is InChI=1S/C17H18N2O6/c20-15(18-10-12-4-2-8-23-12)11-25-17(22)13-5-1-7-19(13)16(21)14-6-3-9-24-14/h2-4,6,8-9,13H,1,5,7,10-11H2,(H,18,20)/t13-/m0/s1. The molecule has 0 radical (unpaired) electrons. The maximum absolute atomic E-state index is 12.3. The quantitative estimate of drug-likeness (QED) is 0.792. The van der Waals surface area contributed by atoms with Crippen LogP contribution >= 0.6 is 0 Å². The molecule has 8 nitrogen and oxygen atoms in total. The number of amides is 2. The normalized spacial score (nSPS) is 16.6. The van der Waals surface area contributed by atoms with Gasteiger partial charge < -0.3 is 23.8 Å². The van der Waals surface area contributed by atoms with Crippen LogP contribution in [0, 0.1) is 0 Å². The van der Waals surface area contributed by atoms with Crippen LogP contribution in [0.25, 0.3) is 0 Å². The average Bonchev–Trinajstić information content (AvgIpc) is 3.38. The summed E-state index contributed by atoms with van der Waals surface area (Å²) in [5.74, 6) is -0.606. The highest BCUT2D eigenvalue weighted by Crippen LogP contribution is 2.21. The minimum absolute atomic E-state index is 0.177. The Bertz CT molecular complexity index is 722. The third-order valence-electron chi connectivity index (χ3n) is 3.90. The Balaban J connectivity index is 1.48. The van der Waals surface area contributed by atoms with E-state index in [0.29, 0.717) is 25.1 Å². The molecule has 0 bridgehead atoms. The molecule has 2 amide bonds. The van der Waals surface area contributed by atoms with Gasteiger partial charge in [-0.15, -0.1) is 0 Å². The highest BCUT2D eigenvalue weighted by atomic mass is 16.5. The molecule has 25 heavy (non-hydrogen) atoms. The first-order chi connectivity index (χ1) is 12.1. The summed E-state index contributed by atoms with van der Waals surface area (Å²) >= 11 is 0. The minimum Gasteiger partial charge on any atom is -0.467 e. The molecule has 1 aliphatic rings. The molecule has 0 aliphatic carbocycles. The summed E-state index contributed by atoms with van der Waals surface area (Å²) in [6.45, 7) is 0.263. The zero-order chi connectivity index (χ0) is 17.6. The van der Waals surface area contributed by atoms with Gasteiger partial charge in [-0.2, -0.15) is 0 Å². The molecule has 0 saturated carbocycles. The molecule has 3 heterocycles. The fourth-order valence-corrected chi connectivity index (χ4v) is 2.68. The topological polar surface area (TPSA) is 102 Å². The van der Waals surface area contributed by atoms with E-state index in [1.54, 1.807) is 24.3 Å². The van der Waals surface area contributed by atoms with E-state index in [2.05, 4.69) is 5.32 Å². The zero-order valence-corrected chi connectivity index (χ0v) is 13.5. The number of hydrogen-bond donors (Lipinski definition) is 1. The van der Waals surface area contributed by atoms with Crippen molar-refractivity contribution in [3.05, 3.63) is 48.3 Å². The van der Waals surface area contributed by atoms with Crippen LogP contribution in [-0.4, -0.2) is 41.9 Å². The number of carbonyl (C=O) groups is 3. The second-order valence-electron chi connectivity index (χ2n) is 5.60. The number of nitrogens with one attached hydrogen (secondary N) is 1. The molecule has 0 unspecified atom stereocenters. The van der Waals surface area contributed by atoms with Crippen LogP contribution in [0.3, 0.4) is 0 Å². The first-order valence-electron chi connectivity index (χ1n) is 7.95. The van der Waals surface area contributed by atoms with E-state index < -0.39 is 24.5 Å². The monoisotopic (exact) mass is 346 g/mol. The van der Waals surface area contributed by atoms with E-state index in [9.17, 15) is 14.4 Å². The van der Waals surface area contributed by atoms with Gasteiger partial charge in [0.05, 0.1) is 19.1 Å². The van der Waals surface area contributed by atoms with Gasteiger partial charge in [0.1, 0.15) is 11.8 Å². The summed E-state index contributed by atoms with van der Waals surface area (Å²) in [6.07, 6.45) is 4.10. The van der Waals surface area contributed by atoms with E-state index in [1.807, 2.05) is 0 Å². The lowest BCUT2D eigenvalue weighted by Gasteiger charge is -2.22. The maximum atomic E-state index is 12.3. The van der Waals surface area contributed by atoms with Crippen molar-refractivity contribution in [3.8, 4) is 0 Å². The van der Waals surface area contributed by atoms with E-state index in [4.69, 9.17) is 13.6 Å². The van der Waals surface area contributed by atoms with Gasteiger partial charge in [0, 0.05) is 6.54 Å². The van der Waals surface area contributed by atoms with Gasteiger partial charge in [0.15, 0.2) is 12.4 Å². The number of ether oxygens (including phenoxy) is 1. The van der Waals surface area contributed by atoms with Crippen molar-refractivity contribution < 1.29 is 28.0 Å². The molecule has 1 saturated heterocycles. The summed E-state index contributed by atoms with van der Waals surface area (Å²) < 4.78 is 15.2. The van der Waals surface area contributed by atoms with Crippen LogP contribution in [0.15, 0.2) is 45.6 Å². The van der Waals surface area contributed by atoms with E-state index in [-0.39, 0.29) is 18.2 Å². The minimum atomic E-state index is -0.699. The van der Waals surface area contributed by atoms with Crippen molar-refractivity contribution in [1.29, 1.82) is 0 Å². The van der Waals surface area contributed by atoms with Gasteiger partial charge in [-0.1, -0.05) is 0 Å². The van der Waals surface area contributed by atoms with Gasteiger partial charge in [-0.25, -0.2) is 4.79 Å². The third kappa shape index (κ3) is 4.09. The van der Waals surface area contributed by atoms with Crippen molar-refractivity contribution in [2.75, 3.05) is 13.2 Å². The molecular formula is C17H18N2O6. The number of hydrogen-bond acceptors (Lipinski definition) is 6. The highest BCUT2D eigenvalue weighted by Gasteiger charge is 2.36. The number of esters is 1. The predicted molar refractivity (Wildman–Crippen MR) is 84.3 cm³/mol. The van der Waals surface area contributed by atoms with E-state index in [0.717, 1.165) is 0 Å². The highest BCUT2D eigenvalue weighted by molar-refractivity contribution is 5.95. The summed E-state index contributed by atoms with van der Waals surface area (Å²) in [6, 6.07) is 5.90. The number of likely N-dealkylation sites (tertiary alicyclic amines) is 1. The number of rotatable bonds is 6. The summed E-state index contributed by atoms with van der Waals surface area (Å²) in [5, 5.41) is 2.58. The van der Waals surface area contributed by atoms with Crippen molar-refractivity contribution in [2.45, 2.75) is 25.4 Å². The maximum Gasteiger partial charge on any atom is 0.329 e.